The average Bonchev–Trinajstić information content (AvgIpc) is 2.28. The Morgan fingerprint density at radius 2 is 2.12 bits per heavy atom. The summed E-state index contributed by atoms with van der Waals surface area (Å²) in [5, 5.41) is 11.0. The highest BCUT2D eigenvalue weighted by atomic mass is 16.3. The van der Waals surface area contributed by atoms with Crippen LogP contribution in [-0.4, -0.2) is 30.3 Å². The molecule has 4 heteroatoms. The number of benzene rings is 1. The number of nitrogen functional groups attached to an aromatic ring is 1. The van der Waals surface area contributed by atoms with Crippen LogP contribution in [-0.2, 0) is 0 Å². The number of hydrogen-bond acceptors (Lipinski definition) is 4. The van der Waals surface area contributed by atoms with E-state index in [2.05, 4.69) is 11.1 Å². The third-order valence-electron chi connectivity index (χ3n) is 2.83. The van der Waals surface area contributed by atoms with Crippen molar-refractivity contribution < 1.29 is 5.11 Å². The maximum absolute atomic E-state index is 8.99. The number of hydrogen-bond donors (Lipinski definition) is 2. The molecule has 17 heavy (non-hydrogen) atoms. The summed E-state index contributed by atoms with van der Waals surface area (Å²) in [6, 6.07) is 5.94. The summed E-state index contributed by atoms with van der Waals surface area (Å²) in [4.78, 5) is 6.30. The van der Waals surface area contributed by atoms with Crippen molar-refractivity contribution in [1.29, 1.82) is 0 Å². The Morgan fingerprint density at radius 1 is 1.35 bits per heavy atom. The Hall–Kier alpha value is -1.81. The number of rotatable bonds is 3. The lowest BCUT2D eigenvalue weighted by Crippen LogP contribution is -2.22. The van der Waals surface area contributed by atoms with Crippen LogP contribution in [0.15, 0.2) is 24.4 Å². The van der Waals surface area contributed by atoms with Gasteiger partial charge in [-0.2, -0.15) is 0 Å². The van der Waals surface area contributed by atoms with E-state index in [1.54, 1.807) is 6.20 Å². The van der Waals surface area contributed by atoms with E-state index < -0.39 is 0 Å². The zero-order valence-corrected chi connectivity index (χ0v) is 10.1. The van der Waals surface area contributed by atoms with Gasteiger partial charge in [0.05, 0.1) is 6.61 Å². The Morgan fingerprint density at radius 3 is 2.82 bits per heavy atom. The second kappa shape index (κ2) is 4.59. The molecule has 1 aromatic heterocycles. The lowest BCUT2D eigenvalue weighted by Gasteiger charge is -2.19. The van der Waals surface area contributed by atoms with Crippen LogP contribution < -0.4 is 10.6 Å². The number of aliphatic hydroxyl groups is 1. The van der Waals surface area contributed by atoms with Crippen molar-refractivity contribution in [2.45, 2.75) is 6.92 Å². The second-order valence-electron chi connectivity index (χ2n) is 4.23. The first-order valence-corrected chi connectivity index (χ1v) is 5.60. The Kier molecular flexibility index (Phi) is 3.15. The van der Waals surface area contributed by atoms with E-state index in [0.717, 1.165) is 27.8 Å². The van der Waals surface area contributed by atoms with Crippen LogP contribution in [0, 0.1) is 6.92 Å². The quantitative estimate of drug-likeness (QED) is 0.787. The van der Waals surface area contributed by atoms with E-state index in [1.807, 2.05) is 31.0 Å². The van der Waals surface area contributed by atoms with Gasteiger partial charge in [0.25, 0.3) is 0 Å². The number of nitrogens with zero attached hydrogens (tertiary/aromatic N) is 2. The van der Waals surface area contributed by atoms with Gasteiger partial charge in [-0.25, -0.2) is 4.98 Å². The van der Waals surface area contributed by atoms with Gasteiger partial charge in [-0.05, 0) is 30.7 Å². The second-order valence-corrected chi connectivity index (χ2v) is 4.23. The number of pyridine rings is 1. The lowest BCUT2D eigenvalue weighted by atomic mass is 10.1. The van der Waals surface area contributed by atoms with Crippen LogP contribution in [0.1, 0.15) is 5.56 Å². The van der Waals surface area contributed by atoms with Crippen LogP contribution in [0.2, 0.25) is 0 Å². The summed E-state index contributed by atoms with van der Waals surface area (Å²) in [7, 11) is 1.91. The molecular weight excluding hydrogens is 214 g/mol. The molecule has 0 bridgehead atoms. The fourth-order valence-electron chi connectivity index (χ4n) is 2.01. The fourth-order valence-corrected chi connectivity index (χ4v) is 2.01. The summed E-state index contributed by atoms with van der Waals surface area (Å²) >= 11 is 0. The number of aromatic nitrogens is 1. The number of fused-ring (bicyclic) bond motifs is 1. The summed E-state index contributed by atoms with van der Waals surface area (Å²) < 4.78 is 0. The average molecular weight is 231 g/mol. The largest absolute Gasteiger partial charge is 0.398 e. The molecule has 0 aliphatic rings. The first kappa shape index (κ1) is 11.7. The Labute approximate surface area is 101 Å². The minimum absolute atomic E-state index is 0.107. The Bertz CT molecular complexity index is 539. The summed E-state index contributed by atoms with van der Waals surface area (Å²) in [5.74, 6) is 0.854. The van der Waals surface area contributed by atoms with E-state index >= 15 is 0 Å². The molecule has 0 radical (unpaired) electrons. The molecule has 1 heterocycles. The predicted octanol–water partition coefficient (Wildman–Crippen LogP) is 1.55. The van der Waals surface area contributed by atoms with Crippen LogP contribution in [0.4, 0.5) is 11.5 Å². The first-order chi connectivity index (χ1) is 8.13. The molecule has 0 fully saturated rings. The number of anilines is 2. The molecule has 0 unspecified atom stereocenters. The van der Waals surface area contributed by atoms with Crippen LogP contribution >= 0.6 is 0 Å². The van der Waals surface area contributed by atoms with Crippen molar-refractivity contribution in [3.8, 4) is 0 Å². The maximum Gasteiger partial charge on any atom is 0.136 e. The lowest BCUT2D eigenvalue weighted by molar-refractivity contribution is 0.304. The van der Waals surface area contributed by atoms with Crippen molar-refractivity contribution in [1.82, 2.24) is 4.98 Å². The van der Waals surface area contributed by atoms with E-state index in [4.69, 9.17) is 10.8 Å². The molecule has 1 aromatic carbocycles. The maximum atomic E-state index is 8.99. The van der Waals surface area contributed by atoms with E-state index in [0.29, 0.717) is 6.54 Å². The fraction of sp³-hybridized carbons (Fsp3) is 0.308. The smallest absolute Gasteiger partial charge is 0.136 e. The van der Waals surface area contributed by atoms with E-state index in [-0.39, 0.29) is 6.61 Å². The van der Waals surface area contributed by atoms with Gasteiger partial charge in [0, 0.05) is 36.2 Å². The number of nitrogens with two attached hydrogens (primary N) is 1. The minimum Gasteiger partial charge on any atom is -0.398 e. The van der Waals surface area contributed by atoms with Gasteiger partial charge in [0.2, 0.25) is 0 Å². The Balaban J connectivity index is 2.64. The molecule has 0 amide bonds. The predicted molar refractivity (Wildman–Crippen MR) is 71.2 cm³/mol. The molecule has 90 valence electrons. The van der Waals surface area contributed by atoms with Gasteiger partial charge in [0.15, 0.2) is 0 Å². The standard InChI is InChI=1S/C13H17N3O/c1-9-7-11-10(12(14)8-9)3-4-15-13(11)16(2)5-6-17/h3-4,7-8,17H,5-6,14H2,1-2H3. The van der Waals surface area contributed by atoms with Gasteiger partial charge >= 0.3 is 0 Å². The molecule has 4 nitrogen and oxygen atoms in total. The zero-order chi connectivity index (χ0) is 12.4. The number of likely N-dealkylation sites (N-methyl/N-ethyl adjacent to an activating group) is 1. The molecule has 2 rings (SSSR count). The van der Waals surface area contributed by atoms with E-state index in [1.165, 1.54) is 0 Å². The molecule has 2 aromatic rings. The zero-order valence-electron chi connectivity index (χ0n) is 10.1. The van der Waals surface area contributed by atoms with Gasteiger partial charge in [-0.3, -0.25) is 0 Å². The van der Waals surface area contributed by atoms with Gasteiger partial charge in [-0.1, -0.05) is 0 Å². The van der Waals surface area contributed by atoms with E-state index in [9.17, 15) is 0 Å². The molecule has 0 spiro atoms. The summed E-state index contributed by atoms with van der Waals surface area (Å²) in [6.07, 6.45) is 1.75. The monoisotopic (exact) mass is 231 g/mol. The SMILES string of the molecule is Cc1cc(N)c2ccnc(N(C)CCO)c2c1. The molecule has 0 atom stereocenters. The third kappa shape index (κ3) is 2.17. The molecule has 0 saturated heterocycles. The van der Waals surface area contributed by atoms with Crippen molar-refractivity contribution >= 4 is 22.3 Å². The summed E-state index contributed by atoms with van der Waals surface area (Å²) in [6.45, 7) is 2.68. The molecule has 0 saturated carbocycles. The normalized spacial score (nSPS) is 10.8. The molecule has 3 N–H and O–H groups in total. The van der Waals surface area contributed by atoms with Crippen molar-refractivity contribution in [2.75, 3.05) is 30.8 Å². The van der Waals surface area contributed by atoms with Crippen molar-refractivity contribution in [3.05, 3.63) is 30.0 Å². The van der Waals surface area contributed by atoms with Gasteiger partial charge in [-0.15, -0.1) is 0 Å². The number of aryl methyl sites for hydroxylation is 1. The minimum atomic E-state index is 0.107. The van der Waals surface area contributed by atoms with Crippen LogP contribution in [0.5, 0.6) is 0 Å². The van der Waals surface area contributed by atoms with Crippen molar-refractivity contribution in [3.63, 3.8) is 0 Å². The molecule has 0 aliphatic carbocycles. The highest BCUT2D eigenvalue weighted by Gasteiger charge is 2.09. The van der Waals surface area contributed by atoms with Gasteiger partial charge in [0.1, 0.15) is 5.82 Å². The van der Waals surface area contributed by atoms with Crippen LogP contribution in [0.3, 0.4) is 0 Å². The first-order valence-electron chi connectivity index (χ1n) is 5.60. The third-order valence-corrected chi connectivity index (χ3v) is 2.83. The molecule has 0 aliphatic heterocycles. The van der Waals surface area contributed by atoms with Crippen LogP contribution in [0.25, 0.3) is 10.8 Å². The number of aliphatic hydroxyl groups excluding tert-OH is 1. The summed E-state index contributed by atoms with van der Waals surface area (Å²) in [5.41, 5.74) is 7.88. The molecular formula is C13H17N3O. The highest BCUT2D eigenvalue weighted by molar-refractivity contribution is 5.99. The topological polar surface area (TPSA) is 62.4 Å². The van der Waals surface area contributed by atoms with Gasteiger partial charge < -0.3 is 15.7 Å². The van der Waals surface area contributed by atoms with Crippen molar-refractivity contribution in [2.24, 2.45) is 0 Å². The highest BCUT2D eigenvalue weighted by Crippen LogP contribution is 2.28.